The van der Waals surface area contributed by atoms with E-state index in [9.17, 15) is 4.79 Å². The molecule has 2 fully saturated rings. The summed E-state index contributed by atoms with van der Waals surface area (Å²) in [5.41, 5.74) is 1.07. The van der Waals surface area contributed by atoms with Gasteiger partial charge in [0.25, 0.3) is 5.91 Å². The van der Waals surface area contributed by atoms with Gasteiger partial charge in [-0.3, -0.25) is 4.79 Å². The molecule has 1 atom stereocenters. The van der Waals surface area contributed by atoms with Crippen LogP contribution in [0.3, 0.4) is 0 Å². The fraction of sp³-hybridized carbons (Fsp3) is 0.467. The average Bonchev–Trinajstić information content (AvgIpc) is 3.27. The van der Waals surface area contributed by atoms with Crippen molar-refractivity contribution in [2.75, 3.05) is 24.6 Å². The maximum Gasteiger partial charge on any atom is 0.251 e. The Balaban J connectivity index is 1.39. The Morgan fingerprint density at radius 1 is 1.33 bits per heavy atom. The maximum atomic E-state index is 11.7. The Hall–Kier alpha value is -1.66. The van der Waals surface area contributed by atoms with Gasteiger partial charge in [-0.15, -0.1) is 0 Å². The second-order valence-electron chi connectivity index (χ2n) is 5.56. The maximum absolute atomic E-state index is 11.7. The number of piperidine rings is 1. The fourth-order valence-corrected chi connectivity index (χ4v) is 3.72. The van der Waals surface area contributed by atoms with Gasteiger partial charge in [-0.25, -0.2) is 4.98 Å². The van der Waals surface area contributed by atoms with Crippen LogP contribution in [0.1, 0.15) is 12.8 Å². The lowest BCUT2D eigenvalue weighted by Gasteiger charge is -2.32. The van der Waals surface area contributed by atoms with Gasteiger partial charge in [0.05, 0.1) is 16.8 Å². The van der Waals surface area contributed by atoms with Gasteiger partial charge in [-0.1, -0.05) is 23.5 Å². The number of nitrogens with zero attached hydrogens (tertiary/aromatic N) is 2. The number of carbonyl (C=O) groups is 1. The molecule has 21 heavy (non-hydrogen) atoms. The molecule has 0 spiro atoms. The zero-order valence-corrected chi connectivity index (χ0v) is 12.4. The lowest BCUT2D eigenvalue weighted by molar-refractivity contribution is -0.123. The van der Waals surface area contributed by atoms with Gasteiger partial charge in [0.1, 0.15) is 0 Å². The first-order valence-corrected chi connectivity index (χ1v) is 8.14. The molecule has 1 amide bonds. The quantitative estimate of drug-likeness (QED) is 0.878. The van der Waals surface area contributed by atoms with Gasteiger partial charge in [0.2, 0.25) is 0 Å². The van der Waals surface area contributed by atoms with Crippen LogP contribution in [0.25, 0.3) is 10.2 Å². The third-order valence-corrected chi connectivity index (χ3v) is 5.12. The topological polar surface area (TPSA) is 57.8 Å². The number of nitrogens with one attached hydrogen (secondary N) is 1. The number of rotatable bonds is 3. The molecule has 0 radical (unpaired) electrons. The van der Waals surface area contributed by atoms with Gasteiger partial charge in [-0.05, 0) is 25.0 Å². The second kappa shape index (κ2) is 5.27. The highest BCUT2D eigenvalue weighted by molar-refractivity contribution is 7.22. The first kappa shape index (κ1) is 13.0. The van der Waals surface area contributed by atoms with Gasteiger partial charge in [0.15, 0.2) is 11.2 Å². The number of ether oxygens (including phenoxy) is 1. The van der Waals surface area contributed by atoms with Crippen LogP contribution in [0, 0.1) is 0 Å². The second-order valence-corrected chi connectivity index (χ2v) is 6.57. The van der Waals surface area contributed by atoms with E-state index in [1.54, 1.807) is 11.3 Å². The van der Waals surface area contributed by atoms with Crippen LogP contribution in [0.15, 0.2) is 24.3 Å². The van der Waals surface area contributed by atoms with E-state index >= 15 is 0 Å². The van der Waals surface area contributed by atoms with Crippen molar-refractivity contribution in [3.63, 3.8) is 0 Å². The SMILES string of the molecule is O=C(NC1CCN(c2nc3ccccc3s2)CC1)C1CO1. The zero-order chi connectivity index (χ0) is 14.2. The molecule has 2 aliphatic rings. The monoisotopic (exact) mass is 303 g/mol. The van der Waals surface area contributed by atoms with E-state index in [4.69, 9.17) is 9.72 Å². The predicted octanol–water partition coefficient (Wildman–Crippen LogP) is 1.78. The Morgan fingerprint density at radius 3 is 2.81 bits per heavy atom. The van der Waals surface area contributed by atoms with E-state index in [0.29, 0.717) is 6.61 Å². The molecule has 1 aromatic carbocycles. The molecule has 1 unspecified atom stereocenters. The lowest BCUT2D eigenvalue weighted by atomic mass is 10.1. The highest BCUT2D eigenvalue weighted by Gasteiger charge is 2.33. The Bertz CT molecular complexity index is 627. The summed E-state index contributed by atoms with van der Waals surface area (Å²) in [6.07, 6.45) is 1.75. The van der Waals surface area contributed by atoms with E-state index in [2.05, 4.69) is 22.3 Å². The van der Waals surface area contributed by atoms with Crippen molar-refractivity contribution in [3.05, 3.63) is 24.3 Å². The molecule has 5 nitrogen and oxygen atoms in total. The number of epoxide rings is 1. The molecule has 110 valence electrons. The van der Waals surface area contributed by atoms with E-state index in [-0.39, 0.29) is 18.1 Å². The highest BCUT2D eigenvalue weighted by Crippen LogP contribution is 2.30. The molecule has 4 rings (SSSR count). The van der Waals surface area contributed by atoms with Gasteiger partial charge in [0, 0.05) is 19.1 Å². The van der Waals surface area contributed by atoms with Gasteiger partial charge >= 0.3 is 0 Å². The minimum Gasteiger partial charge on any atom is -0.363 e. The first-order valence-electron chi connectivity index (χ1n) is 7.32. The molecule has 1 aromatic heterocycles. The molecule has 0 bridgehead atoms. The molecule has 1 N–H and O–H groups in total. The number of amides is 1. The van der Waals surface area contributed by atoms with Crippen LogP contribution < -0.4 is 10.2 Å². The van der Waals surface area contributed by atoms with Crippen LogP contribution in [0.4, 0.5) is 5.13 Å². The summed E-state index contributed by atoms with van der Waals surface area (Å²) in [6, 6.07) is 8.50. The zero-order valence-electron chi connectivity index (χ0n) is 11.6. The summed E-state index contributed by atoms with van der Waals surface area (Å²) in [5.74, 6) is 0.0495. The van der Waals surface area contributed by atoms with E-state index in [0.717, 1.165) is 36.6 Å². The van der Waals surface area contributed by atoms with Crippen molar-refractivity contribution in [3.8, 4) is 0 Å². The van der Waals surface area contributed by atoms with E-state index in [1.807, 2.05) is 12.1 Å². The smallest absolute Gasteiger partial charge is 0.251 e. The summed E-state index contributed by atoms with van der Waals surface area (Å²) in [5, 5.41) is 4.16. The van der Waals surface area contributed by atoms with Crippen molar-refractivity contribution in [2.24, 2.45) is 0 Å². The van der Waals surface area contributed by atoms with Crippen molar-refractivity contribution in [2.45, 2.75) is 25.0 Å². The van der Waals surface area contributed by atoms with Crippen molar-refractivity contribution >= 4 is 32.6 Å². The van der Waals surface area contributed by atoms with Crippen molar-refractivity contribution in [1.82, 2.24) is 10.3 Å². The van der Waals surface area contributed by atoms with E-state index < -0.39 is 0 Å². The fourth-order valence-electron chi connectivity index (χ4n) is 2.70. The van der Waals surface area contributed by atoms with Crippen molar-refractivity contribution in [1.29, 1.82) is 0 Å². The standard InChI is InChI=1S/C15H17N3O2S/c19-14(12-9-20-12)16-10-5-7-18(8-6-10)15-17-11-3-1-2-4-13(11)21-15/h1-4,10,12H,5-9H2,(H,16,19). The number of carbonyl (C=O) groups excluding carboxylic acids is 1. The summed E-state index contributed by atoms with van der Waals surface area (Å²) >= 11 is 1.74. The molecular weight excluding hydrogens is 286 g/mol. The summed E-state index contributed by atoms with van der Waals surface area (Å²) in [4.78, 5) is 18.7. The summed E-state index contributed by atoms with van der Waals surface area (Å²) in [7, 11) is 0. The number of para-hydroxylation sites is 1. The van der Waals surface area contributed by atoms with Gasteiger partial charge < -0.3 is 15.0 Å². The normalized spacial score (nSPS) is 22.5. The molecule has 6 heteroatoms. The van der Waals surface area contributed by atoms with Crippen LogP contribution in [0.2, 0.25) is 0 Å². The number of fused-ring (bicyclic) bond motifs is 1. The lowest BCUT2D eigenvalue weighted by Crippen LogP contribution is -2.45. The number of hydrogen-bond donors (Lipinski definition) is 1. The summed E-state index contributed by atoms with van der Waals surface area (Å²) < 4.78 is 6.24. The van der Waals surface area contributed by atoms with Gasteiger partial charge in [-0.2, -0.15) is 0 Å². The number of thiazole rings is 1. The number of anilines is 1. The summed E-state index contributed by atoms with van der Waals surface area (Å²) in [6.45, 7) is 2.46. The number of aromatic nitrogens is 1. The minimum absolute atomic E-state index is 0.0495. The Kier molecular flexibility index (Phi) is 3.27. The Labute approximate surface area is 126 Å². The van der Waals surface area contributed by atoms with Crippen molar-refractivity contribution < 1.29 is 9.53 Å². The predicted molar refractivity (Wildman–Crippen MR) is 82.7 cm³/mol. The number of benzene rings is 1. The molecule has 0 aliphatic carbocycles. The highest BCUT2D eigenvalue weighted by atomic mass is 32.1. The number of hydrogen-bond acceptors (Lipinski definition) is 5. The third-order valence-electron chi connectivity index (χ3n) is 4.02. The van der Waals surface area contributed by atoms with Crippen LogP contribution in [-0.2, 0) is 9.53 Å². The molecule has 2 aromatic rings. The van der Waals surface area contributed by atoms with Crippen LogP contribution >= 0.6 is 11.3 Å². The van der Waals surface area contributed by atoms with Crippen LogP contribution in [0.5, 0.6) is 0 Å². The largest absolute Gasteiger partial charge is 0.363 e. The van der Waals surface area contributed by atoms with E-state index in [1.165, 1.54) is 4.70 Å². The Morgan fingerprint density at radius 2 is 2.10 bits per heavy atom. The average molecular weight is 303 g/mol. The molecule has 0 saturated carbocycles. The van der Waals surface area contributed by atoms with Crippen LogP contribution in [-0.4, -0.2) is 42.7 Å². The first-order chi connectivity index (χ1) is 10.3. The molecule has 2 saturated heterocycles. The third kappa shape index (κ3) is 2.73. The molecule has 3 heterocycles. The molecule has 2 aliphatic heterocycles. The minimum atomic E-state index is -0.188. The molecular formula is C15H17N3O2S.